The van der Waals surface area contributed by atoms with Crippen molar-refractivity contribution in [3.63, 3.8) is 0 Å². The molecule has 1 aliphatic heterocycles. The Balaban J connectivity index is 1.75. The van der Waals surface area contributed by atoms with Crippen molar-refractivity contribution in [3.05, 3.63) is 60.7 Å². The van der Waals surface area contributed by atoms with Crippen LogP contribution in [0.4, 0.5) is 0 Å². The van der Waals surface area contributed by atoms with Crippen LogP contribution in [0.3, 0.4) is 0 Å². The molecule has 1 heterocycles. The first-order valence-electron chi connectivity index (χ1n) is 9.21. The minimum absolute atomic E-state index is 0.218. The highest BCUT2D eigenvalue weighted by molar-refractivity contribution is 7.01. The zero-order valence-electron chi connectivity index (χ0n) is 14.6. The van der Waals surface area contributed by atoms with Crippen molar-refractivity contribution < 1.29 is 5.11 Å². The van der Waals surface area contributed by atoms with Gasteiger partial charge >= 0.3 is 0 Å². The first-order chi connectivity index (χ1) is 11.7. The fraction of sp³-hybridized carbons (Fsp3) is 0.429. The summed E-state index contributed by atoms with van der Waals surface area (Å²) in [5.74, 6) is 0. The Hall–Kier alpha value is -1.42. The number of hydrogen-bond acceptors (Lipinski definition) is 2. The molecule has 1 saturated heterocycles. The van der Waals surface area contributed by atoms with Gasteiger partial charge < -0.3 is 10.4 Å². The van der Waals surface area contributed by atoms with Crippen LogP contribution < -0.4 is 15.7 Å². The summed E-state index contributed by atoms with van der Waals surface area (Å²) in [6, 6.07) is 23.1. The molecule has 3 rings (SSSR count). The number of rotatable bonds is 7. The molecule has 2 nitrogen and oxygen atoms in total. The van der Waals surface area contributed by atoms with E-state index >= 15 is 0 Å². The van der Waals surface area contributed by atoms with Gasteiger partial charge in [-0.1, -0.05) is 77.6 Å². The minimum atomic E-state index is -1.91. The summed E-state index contributed by atoms with van der Waals surface area (Å²) in [4.78, 5) is 0. The first-order valence-corrected chi connectivity index (χ1v) is 11.9. The number of benzene rings is 2. The summed E-state index contributed by atoms with van der Waals surface area (Å²) in [7, 11) is -1.91. The van der Waals surface area contributed by atoms with E-state index in [9.17, 15) is 5.11 Å². The van der Waals surface area contributed by atoms with Gasteiger partial charge in [-0.2, -0.15) is 0 Å². The lowest BCUT2D eigenvalue weighted by Gasteiger charge is -2.31. The Bertz CT molecular complexity index is 571. The predicted octanol–water partition coefficient (Wildman–Crippen LogP) is 2.77. The zero-order chi connectivity index (χ0) is 16.8. The minimum Gasteiger partial charge on any atom is -0.393 e. The third-order valence-corrected chi connectivity index (χ3v) is 9.98. The van der Waals surface area contributed by atoms with Gasteiger partial charge in [-0.05, 0) is 38.3 Å². The van der Waals surface area contributed by atoms with Crippen LogP contribution in [0.5, 0.6) is 0 Å². The second-order valence-corrected chi connectivity index (χ2v) is 11.5. The van der Waals surface area contributed by atoms with Crippen molar-refractivity contribution in [1.82, 2.24) is 5.32 Å². The van der Waals surface area contributed by atoms with Crippen LogP contribution >= 0.6 is 0 Å². The maximum absolute atomic E-state index is 10.8. The van der Waals surface area contributed by atoms with E-state index in [1.807, 2.05) is 0 Å². The zero-order valence-corrected chi connectivity index (χ0v) is 15.6. The molecule has 0 saturated carbocycles. The van der Waals surface area contributed by atoms with Gasteiger partial charge in [-0.15, -0.1) is 0 Å². The fourth-order valence-electron chi connectivity index (χ4n) is 3.98. The van der Waals surface area contributed by atoms with Gasteiger partial charge in [0.15, 0.2) is 0 Å². The highest BCUT2D eigenvalue weighted by Gasteiger charge is 2.34. The molecule has 0 spiro atoms. The standard InChI is InChI=1S/C21H29NOSi/c1-24(20-10-4-2-5-11-20,21-12-6-3-7-13-21)17-19(23)15-14-18-9-8-16-22-18/h2-7,10-13,18-19,22-23H,8-9,14-17H2,1H3/t18-,19?/m0/s1. The van der Waals surface area contributed by atoms with Gasteiger partial charge in [0.2, 0.25) is 0 Å². The topological polar surface area (TPSA) is 32.3 Å². The largest absolute Gasteiger partial charge is 0.393 e. The lowest BCUT2D eigenvalue weighted by atomic mass is 10.1. The molecule has 1 aliphatic rings. The number of aliphatic hydroxyl groups excluding tert-OH is 1. The molecule has 1 fully saturated rings. The monoisotopic (exact) mass is 339 g/mol. The van der Waals surface area contributed by atoms with E-state index in [4.69, 9.17) is 0 Å². The average Bonchev–Trinajstić information content (AvgIpc) is 3.15. The molecule has 2 atom stereocenters. The Morgan fingerprint density at radius 1 is 1.04 bits per heavy atom. The van der Waals surface area contributed by atoms with E-state index < -0.39 is 8.07 Å². The molecule has 0 amide bonds. The van der Waals surface area contributed by atoms with Gasteiger partial charge in [-0.3, -0.25) is 0 Å². The van der Waals surface area contributed by atoms with E-state index in [0.29, 0.717) is 6.04 Å². The summed E-state index contributed by atoms with van der Waals surface area (Å²) >= 11 is 0. The van der Waals surface area contributed by atoms with Crippen LogP contribution in [0.15, 0.2) is 60.7 Å². The first kappa shape index (κ1) is 17.4. The molecule has 3 heteroatoms. The molecular formula is C21H29NOSi. The number of hydrogen-bond donors (Lipinski definition) is 2. The van der Waals surface area contributed by atoms with Crippen molar-refractivity contribution in [1.29, 1.82) is 0 Å². The summed E-state index contributed by atoms with van der Waals surface area (Å²) in [6.45, 7) is 3.54. The third kappa shape index (κ3) is 4.15. The lowest BCUT2D eigenvalue weighted by Crippen LogP contribution is -2.57. The van der Waals surface area contributed by atoms with Gasteiger partial charge in [0.1, 0.15) is 8.07 Å². The fourth-order valence-corrected chi connectivity index (χ4v) is 7.79. The molecule has 0 aliphatic carbocycles. The molecule has 128 valence electrons. The van der Waals surface area contributed by atoms with Crippen molar-refractivity contribution in [2.24, 2.45) is 0 Å². The summed E-state index contributed by atoms with van der Waals surface area (Å²) in [6.07, 6.45) is 4.32. The van der Waals surface area contributed by atoms with Crippen molar-refractivity contribution >= 4 is 18.4 Å². The number of aliphatic hydroxyl groups is 1. The SMILES string of the molecule is C[Si](CC(O)CC[C@@H]1CCCN1)(c1ccccc1)c1ccccc1. The van der Waals surface area contributed by atoms with E-state index in [0.717, 1.165) is 25.4 Å². The molecule has 1 unspecified atom stereocenters. The maximum atomic E-state index is 10.8. The van der Waals surface area contributed by atoms with Gasteiger partial charge in [-0.25, -0.2) is 0 Å². The van der Waals surface area contributed by atoms with E-state index in [2.05, 4.69) is 72.5 Å². The second-order valence-electron chi connectivity index (χ2n) is 7.29. The molecule has 0 radical (unpaired) electrons. The van der Waals surface area contributed by atoms with E-state index in [1.165, 1.54) is 23.2 Å². The highest BCUT2D eigenvalue weighted by atomic mass is 28.3. The Morgan fingerprint density at radius 3 is 2.12 bits per heavy atom. The Morgan fingerprint density at radius 2 is 1.62 bits per heavy atom. The molecule has 2 aromatic carbocycles. The molecule has 2 N–H and O–H groups in total. The maximum Gasteiger partial charge on any atom is 0.117 e. The van der Waals surface area contributed by atoms with E-state index in [1.54, 1.807) is 0 Å². The van der Waals surface area contributed by atoms with Crippen LogP contribution in [-0.2, 0) is 0 Å². The normalized spacial score (nSPS) is 19.3. The van der Waals surface area contributed by atoms with Crippen molar-refractivity contribution in [2.75, 3.05) is 6.54 Å². The average molecular weight is 340 g/mol. The molecule has 2 aromatic rings. The van der Waals surface area contributed by atoms with Gasteiger partial charge in [0.05, 0.1) is 6.10 Å². The van der Waals surface area contributed by atoms with Crippen LogP contribution in [0.1, 0.15) is 25.7 Å². The van der Waals surface area contributed by atoms with E-state index in [-0.39, 0.29) is 6.10 Å². The second kappa shape index (κ2) is 8.10. The summed E-state index contributed by atoms with van der Waals surface area (Å²) in [5, 5.41) is 17.1. The lowest BCUT2D eigenvalue weighted by molar-refractivity contribution is 0.176. The summed E-state index contributed by atoms with van der Waals surface area (Å²) < 4.78 is 0. The quantitative estimate of drug-likeness (QED) is 0.760. The van der Waals surface area contributed by atoms with Crippen LogP contribution in [0.2, 0.25) is 12.6 Å². The van der Waals surface area contributed by atoms with Gasteiger partial charge in [0.25, 0.3) is 0 Å². The van der Waals surface area contributed by atoms with Crippen LogP contribution in [-0.4, -0.2) is 31.9 Å². The van der Waals surface area contributed by atoms with Gasteiger partial charge in [0, 0.05) is 6.04 Å². The smallest absolute Gasteiger partial charge is 0.117 e. The van der Waals surface area contributed by atoms with Crippen LogP contribution in [0.25, 0.3) is 0 Å². The number of nitrogens with one attached hydrogen (secondary N) is 1. The van der Waals surface area contributed by atoms with Crippen molar-refractivity contribution in [2.45, 2.75) is 50.4 Å². The van der Waals surface area contributed by atoms with Crippen molar-refractivity contribution in [3.8, 4) is 0 Å². The third-order valence-electron chi connectivity index (χ3n) is 5.48. The Labute approximate surface area is 146 Å². The molecule has 0 bridgehead atoms. The molecule has 0 aromatic heterocycles. The molecular weight excluding hydrogens is 310 g/mol. The Kier molecular flexibility index (Phi) is 5.88. The predicted molar refractivity (Wildman–Crippen MR) is 105 cm³/mol. The summed E-state index contributed by atoms with van der Waals surface area (Å²) in [5.41, 5.74) is 0. The van der Waals surface area contributed by atoms with Crippen LogP contribution in [0, 0.1) is 0 Å². The molecule has 24 heavy (non-hydrogen) atoms. The highest BCUT2D eigenvalue weighted by Crippen LogP contribution is 2.19.